The second kappa shape index (κ2) is 7.32. The first-order valence-electron chi connectivity index (χ1n) is 6.83. The third-order valence-electron chi connectivity index (χ3n) is 3.50. The van der Waals surface area contributed by atoms with E-state index >= 15 is 0 Å². The predicted molar refractivity (Wildman–Crippen MR) is 76.4 cm³/mol. The molecule has 0 fully saturated rings. The van der Waals surface area contributed by atoms with Gasteiger partial charge in [0.25, 0.3) is 11.4 Å². The maximum Gasteiger partial charge on any atom is 0.506 e. The first kappa shape index (κ1) is 20.1. The number of ether oxygens (including phenoxy) is 1. The molecule has 0 saturated heterocycles. The van der Waals surface area contributed by atoms with Crippen molar-refractivity contribution in [2.24, 2.45) is 0 Å². The van der Waals surface area contributed by atoms with Gasteiger partial charge in [-0.2, -0.15) is 13.2 Å². The number of carboxylic acid groups (broad SMARTS) is 1. The van der Waals surface area contributed by atoms with Gasteiger partial charge in [0, 0.05) is 6.07 Å². The number of non-ortho nitro benzene ring substituents is 1. The number of halogens is 3. The van der Waals surface area contributed by atoms with E-state index in [2.05, 4.69) is 4.74 Å². The summed E-state index contributed by atoms with van der Waals surface area (Å²) < 4.78 is 43.7. The monoisotopic (exact) mass is 366 g/mol. The van der Waals surface area contributed by atoms with E-state index in [1.807, 2.05) is 0 Å². The van der Waals surface area contributed by atoms with Crippen LogP contribution in [-0.4, -0.2) is 27.3 Å². The lowest BCUT2D eigenvalue weighted by molar-refractivity contribution is -0.395. The van der Waals surface area contributed by atoms with Crippen LogP contribution in [0.1, 0.15) is 43.4 Å². The van der Waals surface area contributed by atoms with Gasteiger partial charge in [0.1, 0.15) is 0 Å². The van der Waals surface area contributed by atoms with Gasteiger partial charge in [0.2, 0.25) is 6.10 Å². The molecule has 12 heteroatoms. The van der Waals surface area contributed by atoms with Crippen LogP contribution in [0.15, 0.2) is 12.1 Å². The van der Waals surface area contributed by atoms with Gasteiger partial charge in [-0.05, 0) is 17.9 Å². The summed E-state index contributed by atoms with van der Waals surface area (Å²) in [4.78, 5) is 30.5. The Hall–Kier alpha value is -2.92. The van der Waals surface area contributed by atoms with E-state index < -0.39 is 51.1 Å². The lowest BCUT2D eigenvalue weighted by Crippen LogP contribution is -2.28. The number of carbonyl (C=O) groups is 1. The quantitative estimate of drug-likeness (QED) is 0.450. The van der Waals surface area contributed by atoms with Gasteiger partial charge in [-0.15, -0.1) is 0 Å². The van der Waals surface area contributed by atoms with Crippen molar-refractivity contribution in [3.63, 3.8) is 0 Å². The summed E-state index contributed by atoms with van der Waals surface area (Å²) in [6.45, 7) is 2.96. The van der Waals surface area contributed by atoms with Crippen molar-refractivity contribution < 1.29 is 37.7 Å². The molecule has 9 nitrogen and oxygen atoms in total. The Kier molecular flexibility index (Phi) is 5.89. The van der Waals surface area contributed by atoms with Crippen LogP contribution in [0.5, 0.6) is 0 Å². The molecule has 1 aromatic carbocycles. The van der Waals surface area contributed by atoms with E-state index in [0.717, 1.165) is 6.07 Å². The minimum absolute atomic E-state index is 0.197. The number of nitro groups is 2. The van der Waals surface area contributed by atoms with E-state index in [1.165, 1.54) is 6.92 Å². The molecule has 0 bridgehead atoms. The predicted octanol–water partition coefficient (Wildman–Crippen LogP) is 4.31. The lowest BCUT2D eigenvalue weighted by atomic mass is 9.89. The number of hydrogen-bond acceptors (Lipinski definition) is 6. The zero-order chi connectivity index (χ0) is 19.5. The highest BCUT2D eigenvalue weighted by atomic mass is 19.4. The second-order valence-electron chi connectivity index (χ2n) is 5.10. The van der Waals surface area contributed by atoms with Gasteiger partial charge in [0.05, 0.1) is 21.5 Å². The summed E-state index contributed by atoms with van der Waals surface area (Å²) in [5.74, 6) is -0.754. The average molecular weight is 366 g/mol. The summed E-state index contributed by atoms with van der Waals surface area (Å²) in [5, 5.41) is 30.7. The molecule has 0 amide bonds. The maximum atomic E-state index is 13.3. The zero-order valence-corrected chi connectivity index (χ0v) is 12.9. The van der Waals surface area contributed by atoms with Crippen LogP contribution in [0.4, 0.5) is 29.3 Å². The van der Waals surface area contributed by atoms with E-state index in [0.29, 0.717) is 6.07 Å². The highest BCUT2D eigenvalue weighted by Crippen LogP contribution is 2.45. The molecule has 2 unspecified atom stereocenters. The van der Waals surface area contributed by atoms with Gasteiger partial charge in [-0.3, -0.25) is 20.2 Å². The Balaban J connectivity index is 3.87. The van der Waals surface area contributed by atoms with Crippen LogP contribution in [0.25, 0.3) is 0 Å². The molecule has 138 valence electrons. The molecule has 1 N–H and O–H groups in total. The molecule has 0 saturated carbocycles. The number of hydrogen-bond donors (Lipinski definition) is 1. The summed E-state index contributed by atoms with van der Waals surface area (Å²) in [7, 11) is 0. The molecule has 1 aromatic rings. The van der Waals surface area contributed by atoms with Crippen LogP contribution >= 0.6 is 0 Å². The first-order valence-corrected chi connectivity index (χ1v) is 6.83. The van der Waals surface area contributed by atoms with Gasteiger partial charge in [0.15, 0.2) is 0 Å². The van der Waals surface area contributed by atoms with Crippen LogP contribution in [0.3, 0.4) is 0 Å². The van der Waals surface area contributed by atoms with E-state index in [9.17, 15) is 38.2 Å². The Morgan fingerprint density at radius 3 is 2.20 bits per heavy atom. The van der Waals surface area contributed by atoms with Gasteiger partial charge < -0.3 is 9.84 Å². The van der Waals surface area contributed by atoms with Crippen LogP contribution in [-0.2, 0) is 4.74 Å². The van der Waals surface area contributed by atoms with Crippen molar-refractivity contribution in [2.45, 2.75) is 38.5 Å². The van der Waals surface area contributed by atoms with Crippen LogP contribution < -0.4 is 0 Å². The van der Waals surface area contributed by atoms with Crippen LogP contribution in [0.2, 0.25) is 0 Å². The molecule has 0 heterocycles. The topological polar surface area (TPSA) is 133 Å². The minimum atomic E-state index is -5.29. The number of nitro benzene ring substituents is 2. The Labute approximate surface area is 138 Å². The van der Waals surface area contributed by atoms with Gasteiger partial charge >= 0.3 is 12.3 Å². The molecule has 0 aliphatic rings. The summed E-state index contributed by atoms with van der Waals surface area (Å²) in [5.41, 5.74) is -3.43. The Morgan fingerprint density at radius 2 is 1.84 bits per heavy atom. The SMILES string of the molecule is CCC(C)c1cc([N+](=O)[O-])cc([N+](=O)[O-])c1C(OC(=O)O)C(F)(F)F. The number of rotatable bonds is 6. The van der Waals surface area contributed by atoms with Gasteiger partial charge in [-0.1, -0.05) is 13.8 Å². The molecular weight excluding hydrogens is 353 g/mol. The number of nitrogens with zero attached hydrogens (tertiary/aromatic N) is 2. The van der Waals surface area contributed by atoms with E-state index in [4.69, 9.17) is 5.11 Å². The van der Waals surface area contributed by atoms with E-state index in [-0.39, 0.29) is 12.0 Å². The minimum Gasteiger partial charge on any atom is -0.450 e. The third kappa shape index (κ3) is 4.55. The molecule has 0 aliphatic heterocycles. The van der Waals surface area contributed by atoms with Crippen molar-refractivity contribution in [1.29, 1.82) is 0 Å². The molecule has 0 radical (unpaired) electrons. The largest absolute Gasteiger partial charge is 0.506 e. The fourth-order valence-electron chi connectivity index (χ4n) is 2.20. The Bertz CT molecular complexity index is 706. The van der Waals surface area contributed by atoms with Gasteiger partial charge in [-0.25, -0.2) is 4.79 Å². The fraction of sp³-hybridized carbons (Fsp3) is 0.462. The Morgan fingerprint density at radius 1 is 1.28 bits per heavy atom. The smallest absolute Gasteiger partial charge is 0.450 e. The molecule has 0 aliphatic carbocycles. The zero-order valence-electron chi connectivity index (χ0n) is 12.9. The molecule has 0 aromatic heterocycles. The molecule has 1 rings (SSSR count). The highest BCUT2D eigenvalue weighted by molar-refractivity contribution is 5.61. The highest BCUT2D eigenvalue weighted by Gasteiger charge is 2.49. The third-order valence-corrected chi connectivity index (χ3v) is 3.50. The maximum absolute atomic E-state index is 13.3. The normalized spacial score (nSPS) is 13.8. The standard InChI is InChI=1S/C13H13F3N2O7/c1-3-6(2)8-4-7(17(21)22)5-9(18(23)24)10(8)11(13(14,15)16)25-12(19)20/h4-6,11H,3H2,1-2H3,(H,19,20). The average Bonchev–Trinajstić information content (AvgIpc) is 2.49. The number of benzene rings is 1. The summed E-state index contributed by atoms with van der Waals surface area (Å²) in [6.07, 6.45) is -10.5. The summed E-state index contributed by atoms with van der Waals surface area (Å²) in [6, 6.07) is 1.12. The fourth-order valence-corrected chi connectivity index (χ4v) is 2.20. The number of alkyl halides is 3. The van der Waals surface area contributed by atoms with E-state index in [1.54, 1.807) is 6.92 Å². The lowest BCUT2D eigenvalue weighted by Gasteiger charge is -2.23. The molecular formula is C13H13F3N2O7. The first-order chi connectivity index (χ1) is 11.4. The van der Waals surface area contributed by atoms with Crippen molar-refractivity contribution in [2.75, 3.05) is 0 Å². The van der Waals surface area contributed by atoms with Crippen molar-refractivity contribution in [3.05, 3.63) is 43.5 Å². The van der Waals surface area contributed by atoms with Crippen LogP contribution in [0, 0.1) is 20.2 Å². The van der Waals surface area contributed by atoms with Crippen molar-refractivity contribution in [1.82, 2.24) is 0 Å². The molecule has 0 spiro atoms. The molecule has 25 heavy (non-hydrogen) atoms. The van der Waals surface area contributed by atoms with Crippen molar-refractivity contribution in [3.8, 4) is 0 Å². The molecule has 2 atom stereocenters. The van der Waals surface area contributed by atoms with Crippen molar-refractivity contribution >= 4 is 17.5 Å². The summed E-state index contributed by atoms with van der Waals surface area (Å²) >= 11 is 0. The second-order valence-corrected chi connectivity index (χ2v) is 5.10.